The van der Waals surface area contributed by atoms with Crippen molar-refractivity contribution in [2.24, 2.45) is 0 Å². The number of aldehydes is 1. The van der Waals surface area contributed by atoms with Gasteiger partial charge in [-0.25, -0.2) is 4.98 Å². The van der Waals surface area contributed by atoms with E-state index in [9.17, 15) is 4.79 Å². The molecule has 3 rings (SSSR count). The van der Waals surface area contributed by atoms with Crippen molar-refractivity contribution in [3.63, 3.8) is 0 Å². The topological polar surface area (TPSA) is 63.0 Å². The van der Waals surface area contributed by atoms with Crippen molar-refractivity contribution in [1.82, 2.24) is 19.6 Å². The quantitative estimate of drug-likeness (QED) is 0.655. The van der Waals surface area contributed by atoms with Gasteiger partial charge in [-0.1, -0.05) is 0 Å². The van der Waals surface area contributed by atoms with Crippen LogP contribution in [0.4, 0.5) is 0 Å². The standard InChI is InChI=1S/C11H8N4O/c16-7-10-5-12-11-2-1-8(6-15(10)11)9-3-13-14-4-9/h1-7H,(H,13,14). The van der Waals surface area contributed by atoms with Crippen molar-refractivity contribution >= 4 is 11.9 Å². The van der Waals surface area contributed by atoms with E-state index in [4.69, 9.17) is 0 Å². The van der Waals surface area contributed by atoms with Gasteiger partial charge in [-0.2, -0.15) is 5.10 Å². The lowest BCUT2D eigenvalue weighted by atomic mass is 10.2. The number of nitrogens with one attached hydrogen (secondary N) is 1. The second-order valence-corrected chi connectivity index (χ2v) is 3.43. The number of H-pyrrole nitrogens is 1. The van der Waals surface area contributed by atoms with E-state index in [0.29, 0.717) is 5.69 Å². The molecule has 0 atom stereocenters. The number of aromatic amines is 1. The van der Waals surface area contributed by atoms with Crippen LogP contribution in [-0.2, 0) is 0 Å². The summed E-state index contributed by atoms with van der Waals surface area (Å²) in [5, 5.41) is 6.64. The van der Waals surface area contributed by atoms with Gasteiger partial charge in [0.25, 0.3) is 0 Å². The van der Waals surface area contributed by atoms with Crippen LogP contribution in [0.3, 0.4) is 0 Å². The van der Waals surface area contributed by atoms with Gasteiger partial charge in [0.1, 0.15) is 11.3 Å². The highest BCUT2D eigenvalue weighted by molar-refractivity contribution is 5.75. The Bertz CT molecular complexity index is 639. The number of pyridine rings is 1. The number of hydrogen-bond acceptors (Lipinski definition) is 3. The van der Waals surface area contributed by atoms with Gasteiger partial charge >= 0.3 is 0 Å². The average Bonchev–Trinajstić information content (AvgIpc) is 2.97. The molecule has 0 aliphatic heterocycles. The Morgan fingerprint density at radius 2 is 2.19 bits per heavy atom. The molecule has 5 nitrogen and oxygen atoms in total. The number of nitrogens with zero attached hydrogens (tertiary/aromatic N) is 3. The first-order valence-corrected chi connectivity index (χ1v) is 4.80. The van der Waals surface area contributed by atoms with Crippen molar-refractivity contribution in [2.45, 2.75) is 0 Å². The molecule has 0 aromatic carbocycles. The first-order valence-electron chi connectivity index (χ1n) is 4.80. The van der Waals surface area contributed by atoms with Gasteiger partial charge in [0, 0.05) is 23.5 Å². The highest BCUT2D eigenvalue weighted by atomic mass is 16.1. The summed E-state index contributed by atoms with van der Waals surface area (Å²) in [6.07, 6.45) is 7.76. The maximum Gasteiger partial charge on any atom is 0.168 e. The van der Waals surface area contributed by atoms with Crippen LogP contribution in [0.2, 0.25) is 0 Å². The Labute approximate surface area is 90.8 Å². The third kappa shape index (κ3) is 1.22. The minimum Gasteiger partial charge on any atom is -0.297 e. The Morgan fingerprint density at radius 3 is 2.94 bits per heavy atom. The van der Waals surface area contributed by atoms with E-state index in [2.05, 4.69) is 15.2 Å². The molecular formula is C11H8N4O. The molecule has 3 aromatic heterocycles. The zero-order valence-electron chi connectivity index (χ0n) is 8.29. The van der Waals surface area contributed by atoms with E-state index in [1.807, 2.05) is 18.3 Å². The van der Waals surface area contributed by atoms with E-state index in [-0.39, 0.29) is 0 Å². The van der Waals surface area contributed by atoms with Crippen molar-refractivity contribution in [3.05, 3.63) is 42.6 Å². The van der Waals surface area contributed by atoms with Crippen LogP contribution in [0.5, 0.6) is 0 Å². The molecule has 78 valence electrons. The summed E-state index contributed by atoms with van der Waals surface area (Å²) >= 11 is 0. The first kappa shape index (κ1) is 8.84. The second-order valence-electron chi connectivity index (χ2n) is 3.43. The lowest BCUT2D eigenvalue weighted by Gasteiger charge is -1.99. The molecule has 0 bridgehead atoms. The minimum atomic E-state index is 0.542. The smallest absolute Gasteiger partial charge is 0.168 e. The van der Waals surface area contributed by atoms with E-state index in [1.165, 1.54) is 0 Å². The summed E-state index contributed by atoms with van der Waals surface area (Å²) in [4.78, 5) is 14.9. The summed E-state index contributed by atoms with van der Waals surface area (Å²) < 4.78 is 1.76. The van der Waals surface area contributed by atoms with Crippen LogP contribution in [0.25, 0.3) is 16.8 Å². The molecule has 0 saturated carbocycles. The molecule has 3 heterocycles. The third-order valence-electron chi connectivity index (χ3n) is 2.49. The Balaban J connectivity index is 2.25. The van der Waals surface area contributed by atoms with Crippen LogP contribution in [0.1, 0.15) is 10.5 Å². The molecule has 0 radical (unpaired) electrons. The molecule has 3 aromatic rings. The predicted octanol–water partition coefficient (Wildman–Crippen LogP) is 1.54. The summed E-state index contributed by atoms with van der Waals surface area (Å²) in [7, 11) is 0. The van der Waals surface area contributed by atoms with Gasteiger partial charge in [0.15, 0.2) is 6.29 Å². The Morgan fingerprint density at radius 1 is 1.25 bits per heavy atom. The number of hydrogen-bond donors (Lipinski definition) is 1. The van der Waals surface area contributed by atoms with Crippen LogP contribution < -0.4 is 0 Å². The number of carbonyl (C=O) groups is 1. The highest BCUT2D eigenvalue weighted by Crippen LogP contribution is 2.18. The minimum absolute atomic E-state index is 0.542. The van der Waals surface area contributed by atoms with Gasteiger partial charge in [0.2, 0.25) is 0 Å². The molecule has 5 heteroatoms. The van der Waals surface area contributed by atoms with Crippen molar-refractivity contribution in [2.75, 3.05) is 0 Å². The van der Waals surface area contributed by atoms with Crippen molar-refractivity contribution < 1.29 is 4.79 Å². The maximum absolute atomic E-state index is 10.8. The molecule has 1 N–H and O–H groups in total. The SMILES string of the molecule is O=Cc1cnc2ccc(-c3cn[nH]c3)cn12. The molecule has 0 aliphatic rings. The van der Waals surface area contributed by atoms with Crippen LogP contribution in [-0.4, -0.2) is 25.9 Å². The van der Waals surface area contributed by atoms with E-state index in [0.717, 1.165) is 23.1 Å². The molecule has 16 heavy (non-hydrogen) atoms. The monoisotopic (exact) mass is 212 g/mol. The first-order chi connectivity index (χ1) is 7.88. The Kier molecular flexibility index (Phi) is 1.83. The van der Waals surface area contributed by atoms with Crippen LogP contribution in [0.15, 0.2) is 36.9 Å². The lowest BCUT2D eigenvalue weighted by Crippen LogP contribution is -1.91. The van der Waals surface area contributed by atoms with E-state index >= 15 is 0 Å². The predicted molar refractivity (Wildman–Crippen MR) is 58.2 cm³/mol. The van der Waals surface area contributed by atoms with Gasteiger partial charge < -0.3 is 0 Å². The molecule has 0 fully saturated rings. The number of carbonyl (C=O) groups excluding carboxylic acids is 1. The van der Waals surface area contributed by atoms with Crippen LogP contribution in [0, 0.1) is 0 Å². The van der Waals surface area contributed by atoms with Gasteiger partial charge in [-0.3, -0.25) is 14.3 Å². The fourth-order valence-corrected chi connectivity index (χ4v) is 1.67. The fraction of sp³-hybridized carbons (Fsp3) is 0. The average molecular weight is 212 g/mol. The summed E-state index contributed by atoms with van der Waals surface area (Å²) in [6, 6.07) is 3.82. The number of rotatable bonds is 2. The molecule has 0 saturated heterocycles. The fourth-order valence-electron chi connectivity index (χ4n) is 1.67. The van der Waals surface area contributed by atoms with Crippen molar-refractivity contribution in [1.29, 1.82) is 0 Å². The van der Waals surface area contributed by atoms with Crippen LogP contribution >= 0.6 is 0 Å². The third-order valence-corrected chi connectivity index (χ3v) is 2.49. The lowest BCUT2D eigenvalue weighted by molar-refractivity contribution is 0.111. The molecule has 0 aliphatic carbocycles. The molecular weight excluding hydrogens is 204 g/mol. The van der Waals surface area contributed by atoms with E-state index in [1.54, 1.807) is 23.0 Å². The van der Waals surface area contributed by atoms with E-state index < -0.39 is 0 Å². The maximum atomic E-state index is 10.8. The highest BCUT2D eigenvalue weighted by Gasteiger charge is 2.04. The van der Waals surface area contributed by atoms with Crippen molar-refractivity contribution in [3.8, 4) is 11.1 Å². The summed E-state index contributed by atoms with van der Waals surface area (Å²) in [5.74, 6) is 0. The zero-order valence-corrected chi connectivity index (χ0v) is 8.29. The number of imidazole rings is 1. The zero-order chi connectivity index (χ0) is 11.0. The molecule has 0 amide bonds. The summed E-state index contributed by atoms with van der Waals surface area (Å²) in [6.45, 7) is 0. The van der Waals surface area contributed by atoms with Gasteiger partial charge in [-0.15, -0.1) is 0 Å². The van der Waals surface area contributed by atoms with Gasteiger partial charge in [0.05, 0.1) is 12.4 Å². The van der Waals surface area contributed by atoms with Gasteiger partial charge in [-0.05, 0) is 12.1 Å². The molecule has 0 unspecified atom stereocenters. The summed E-state index contributed by atoms with van der Waals surface area (Å²) in [5.41, 5.74) is 3.27. The second kappa shape index (κ2) is 3.30. The Hall–Kier alpha value is -2.43. The normalized spacial score (nSPS) is 10.8. The largest absolute Gasteiger partial charge is 0.297 e. The number of fused-ring (bicyclic) bond motifs is 1. The molecule has 0 spiro atoms. The number of aromatic nitrogens is 4.